The van der Waals surface area contributed by atoms with Gasteiger partial charge in [-0.2, -0.15) is 13.2 Å². The lowest BCUT2D eigenvalue weighted by Crippen LogP contribution is -2.52. The summed E-state index contributed by atoms with van der Waals surface area (Å²) in [5.74, 6) is -0.946. The van der Waals surface area contributed by atoms with Crippen LogP contribution in [0.5, 0.6) is 0 Å². The number of amides is 1. The van der Waals surface area contributed by atoms with Crippen molar-refractivity contribution in [1.82, 2.24) is 10.3 Å². The molecule has 104 valence electrons. The standard InChI is InChI=1S/C12H14F3N3O/c1-18(9-3-2-5-16-7-9)10(19)11(12(13,14)15)4-6-17-8-11/h2-3,5,7,17H,4,6,8H2,1H3. The molecule has 7 heteroatoms. The minimum atomic E-state index is -4.57. The van der Waals surface area contributed by atoms with Gasteiger partial charge in [0.1, 0.15) is 0 Å². The highest BCUT2D eigenvalue weighted by atomic mass is 19.4. The van der Waals surface area contributed by atoms with E-state index in [0.29, 0.717) is 5.69 Å². The van der Waals surface area contributed by atoms with Gasteiger partial charge in [-0.25, -0.2) is 0 Å². The van der Waals surface area contributed by atoms with Crippen LogP contribution in [0.2, 0.25) is 0 Å². The second-order valence-corrected chi connectivity index (χ2v) is 4.58. The lowest BCUT2D eigenvalue weighted by molar-refractivity contribution is -0.214. The number of hydrogen-bond donors (Lipinski definition) is 1. The number of carbonyl (C=O) groups is 1. The maximum absolute atomic E-state index is 13.2. The van der Waals surface area contributed by atoms with E-state index in [0.717, 1.165) is 4.90 Å². The first kappa shape index (κ1) is 13.8. The minimum absolute atomic E-state index is 0.187. The van der Waals surface area contributed by atoms with Crippen molar-refractivity contribution in [2.45, 2.75) is 12.6 Å². The predicted octanol–water partition coefficient (Wildman–Crippen LogP) is 1.59. The van der Waals surface area contributed by atoms with Gasteiger partial charge >= 0.3 is 6.18 Å². The fraction of sp³-hybridized carbons (Fsp3) is 0.500. The van der Waals surface area contributed by atoms with E-state index in [1.54, 1.807) is 12.1 Å². The Hall–Kier alpha value is -1.63. The van der Waals surface area contributed by atoms with Crippen molar-refractivity contribution in [2.75, 3.05) is 25.0 Å². The van der Waals surface area contributed by atoms with Crippen molar-refractivity contribution >= 4 is 11.6 Å². The molecule has 0 spiro atoms. The zero-order valence-electron chi connectivity index (χ0n) is 10.4. The van der Waals surface area contributed by atoms with E-state index in [1.165, 1.54) is 19.4 Å². The summed E-state index contributed by atoms with van der Waals surface area (Å²) in [6.07, 6.45) is -1.94. The van der Waals surface area contributed by atoms with Crippen molar-refractivity contribution < 1.29 is 18.0 Å². The Morgan fingerprint density at radius 2 is 2.26 bits per heavy atom. The minimum Gasteiger partial charge on any atom is -0.315 e. The van der Waals surface area contributed by atoms with Crippen LogP contribution in [0.3, 0.4) is 0 Å². The topological polar surface area (TPSA) is 45.2 Å². The van der Waals surface area contributed by atoms with Gasteiger partial charge in [-0.1, -0.05) is 0 Å². The monoisotopic (exact) mass is 273 g/mol. The van der Waals surface area contributed by atoms with Crippen LogP contribution in [-0.2, 0) is 4.79 Å². The highest BCUT2D eigenvalue weighted by Crippen LogP contribution is 2.44. The number of halogens is 3. The van der Waals surface area contributed by atoms with Gasteiger partial charge in [0.25, 0.3) is 0 Å². The first-order valence-electron chi connectivity index (χ1n) is 5.84. The van der Waals surface area contributed by atoms with Crippen LogP contribution in [-0.4, -0.2) is 37.2 Å². The molecular weight excluding hydrogens is 259 g/mol. The van der Waals surface area contributed by atoms with Gasteiger partial charge in [0.05, 0.1) is 11.9 Å². The molecule has 1 fully saturated rings. The van der Waals surface area contributed by atoms with E-state index >= 15 is 0 Å². The summed E-state index contributed by atoms with van der Waals surface area (Å²) in [5, 5.41) is 2.62. The number of pyridine rings is 1. The predicted molar refractivity (Wildman–Crippen MR) is 63.6 cm³/mol. The average Bonchev–Trinajstić information content (AvgIpc) is 2.88. The van der Waals surface area contributed by atoms with E-state index in [9.17, 15) is 18.0 Å². The van der Waals surface area contributed by atoms with Gasteiger partial charge < -0.3 is 10.2 Å². The lowest BCUT2D eigenvalue weighted by Gasteiger charge is -2.33. The second-order valence-electron chi connectivity index (χ2n) is 4.58. The van der Waals surface area contributed by atoms with Crippen LogP contribution in [0.1, 0.15) is 6.42 Å². The molecule has 0 radical (unpaired) electrons. The molecule has 0 bridgehead atoms. The van der Waals surface area contributed by atoms with Gasteiger partial charge in [0.2, 0.25) is 5.91 Å². The largest absolute Gasteiger partial charge is 0.404 e. The molecule has 1 amide bonds. The number of nitrogens with one attached hydrogen (secondary N) is 1. The third kappa shape index (κ3) is 2.30. The van der Waals surface area contributed by atoms with Gasteiger partial charge in [-0.3, -0.25) is 9.78 Å². The van der Waals surface area contributed by atoms with Gasteiger partial charge in [0, 0.05) is 19.8 Å². The van der Waals surface area contributed by atoms with E-state index in [4.69, 9.17) is 0 Å². The van der Waals surface area contributed by atoms with E-state index in [2.05, 4.69) is 10.3 Å². The Morgan fingerprint density at radius 1 is 1.53 bits per heavy atom. The number of aromatic nitrogens is 1. The molecule has 1 saturated heterocycles. The van der Waals surface area contributed by atoms with Crippen LogP contribution in [0.15, 0.2) is 24.5 Å². The molecule has 1 unspecified atom stereocenters. The molecule has 1 aliphatic rings. The number of anilines is 1. The Labute approximate surface area is 108 Å². The van der Waals surface area contributed by atoms with Crippen LogP contribution in [0.25, 0.3) is 0 Å². The number of rotatable bonds is 2. The maximum atomic E-state index is 13.2. The Bertz CT molecular complexity index is 455. The first-order valence-corrected chi connectivity index (χ1v) is 5.84. The van der Waals surface area contributed by atoms with Crippen molar-refractivity contribution in [3.05, 3.63) is 24.5 Å². The van der Waals surface area contributed by atoms with Crippen LogP contribution in [0.4, 0.5) is 18.9 Å². The number of nitrogens with zero attached hydrogens (tertiary/aromatic N) is 2. The fourth-order valence-corrected chi connectivity index (χ4v) is 2.23. The third-order valence-electron chi connectivity index (χ3n) is 3.45. The Kier molecular flexibility index (Phi) is 3.49. The van der Waals surface area contributed by atoms with Crippen LogP contribution in [0, 0.1) is 5.41 Å². The Morgan fingerprint density at radius 3 is 2.74 bits per heavy atom. The van der Waals surface area contributed by atoms with Crippen LogP contribution < -0.4 is 10.2 Å². The number of hydrogen-bond acceptors (Lipinski definition) is 3. The quantitative estimate of drug-likeness (QED) is 0.890. The zero-order chi connectivity index (χ0) is 14.1. The Balaban J connectivity index is 2.31. The summed E-state index contributed by atoms with van der Waals surface area (Å²) in [6, 6.07) is 3.13. The highest BCUT2D eigenvalue weighted by molar-refractivity contribution is 5.98. The summed E-state index contributed by atoms with van der Waals surface area (Å²) < 4.78 is 39.7. The smallest absolute Gasteiger partial charge is 0.315 e. The molecule has 0 saturated carbocycles. The molecule has 19 heavy (non-hydrogen) atoms. The van der Waals surface area contributed by atoms with E-state index in [-0.39, 0.29) is 19.5 Å². The molecule has 2 rings (SSSR count). The van der Waals surface area contributed by atoms with Crippen molar-refractivity contribution in [1.29, 1.82) is 0 Å². The molecule has 1 aromatic heterocycles. The molecule has 0 aromatic carbocycles. The fourth-order valence-electron chi connectivity index (χ4n) is 2.23. The normalized spacial score (nSPS) is 23.4. The molecule has 1 N–H and O–H groups in total. The first-order chi connectivity index (χ1) is 8.88. The van der Waals surface area contributed by atoms with Crippen molar-refractivity contribution in [2.24, 2.45) is 5.41 Å². The number of alkyl halides is 3. The molecule has 0 aliphatic carbocycles. The second kappa shape index (κ2) is 4.80. The van der Waals surface area contributed by atoms with Crippen molar-refractivity contribution in [3.8, 4) is 0 Å². The summed E-state index contributed by atoms with van der Waals surface area (Å²) >= 11 is 0. The highest BCUT2D eigenvalue weighted by Gasteiger charge is 2.62. The zero-order valence-corrected chi connectivity index (χ0v) is 10.4. The molecular formula is C12H14F3N3O. The number of carbonyl (C=O) groups excluding carboxylic acids is 1. The van der Waals surface area contributed by atoms with Crippen LogP contribution >= 0.6 is 0 Å². The van der Waals surface area contributed by atoms with Crippen molar-refractivity contribution in [3.63, 3.8) is 0 Å². The average molecular weight is 273 g/mol. The van der Waals surface area contributed by atoms with Gasteiger partial charge in [0.15, 0.2) is 5.41 Å². The lowest BCUT2D eigenvalue weighted by atomic mass is 9.84. The molecule has 1 aromatic rings. The molecule has 4 nitrogen and oxygen atoms in total. The van der Waals surface area contributed by atoms with Gasteiger partial charge in [-0.05, 0) is 25.1 Å². The third-order valence-corrected chi connectivity index (χ3v) is 3.45. The molecule has 1 aliphatic heterocycles. The maximum Gasteiger partial charge on any atom is 0.404 e. The summed E-state index contributed by atoms with van der Waals surface area (Å²) in [5.41, 5.74) is -1.99. The SMILES string of the molecule is CN(C(=O)C1(C(F)(F)F)CCNC1)c1cccnc1. The van der Waals surface area contributed by atoms with E-state index in [1.807, 2.05) is 0 Å². The summed E-state index contributed by atoms with van der Waals surface area (Å²) in [7, 11) is 1.34. The molecule has 2 heterocycles. The summed E-state index contributed by atoms with van der Waals surface area (Å²) in [4.78, 5) is 17.1. The summed E-state index contributed by atoms with van der Waals surface area (Å²) in [6.45, 7) is -0.188. The molecule has 1 atom stereocenters. The van der Waals surface area contributed by atoms with E-state index < -0.39 is 17.5 Å². The van der Waals surface area contributed by atoms with Gasteiger partial charge in [-0.15, -0.1) is 0 Å².